The van der Waals surface area contributed by atoms with Crippen molar-refractivity contribution in [1.82, 2.24) is 4.98 Å². The van der Waals surface area contributed by atoms with E-state index in [0.717, 1.165) is 16.1 Å². The Bertz CT molecular complexity index is 916. The number of ether oxygens (including phenoxy) is 2. The molecule has 3 N–H and O–H groups in total. The highest BCUT2D eigenvalue weighted by Gasteiger charge is 2.19. The molecule has 0 saturated heterocycles. The fourth-order valence-electron chi connectivity index (χ4n) is 2.47. The van der Waals surface area contributed by atoms with Gasteiger partial charge in [-0.25, -0.2) is 4.98 Å². The molecule has 0 spiro atoms. The molecule has 3 aromatic rings. The predicted octanol–water partition coefficient (Wildman–Crippen LogP) is 3.64. The van der Waals surface area contributed by atoms with E-state index in [0.29, 0.717) is 17.8 Å². The topological polar surface area (TPSA) is 94.7 Å². The largest absolute Gasteiger partial charge is 0.502 e. The summed E-state index contributed by atoms with van der Waals surface area (Å²) in [6.45, 7) is 0.479. The highest BCUT2D eigenvalue weighted by molar-refractivity contribution is 7.13. The van der Waals surface area contributed by atoms with Gasteiger partial charge in [0.15, 0.2) is 11.5 Å². The molecule has 0 aliphatic carbocycles. The number of aromatic hydroxyl groups is 1. The molecule has 0 atom stereocenters. The second-order valence-corrected chi connectivity index (χ2v) is 6.36. The van der Waals surface area contributed by atoms with E-state index >= 15 is 0 Å². The van der Waals surface area contributed by atoms with Crippen LogP contribution in [-0.2, 0) is 6.54 Å². The van der Waals surface area contributed by atoms with E-state index in [1.165, 1.54) is 37.7 Å². The van der Waals surface area contributed by atoms with Gasteiger partial charge in [-0.3, -0.25) is 4.79 Å². The summed E-state index contributed by atoms with van der Waals surface area (Å²) < 4.78 is 10.2. The van der Waals surface area contributed by atoms with Crippen molar-refractivity contribution < 1.29 is 19.4 Å². The van der Waals surface area contributed by atoms with Gasteiger partial charge in [0.1, 0.15) is 10.7 Å². The van der Waals surface area contributed by atoms with Crippen LogP contribution in [0.2, 0.25) is 0 Å². The molecule has 2 aromatic carbocycles. The van der Waals surface area contributed by atoms with Crippen molar-refractivity contribution in [3.05, 3.63) is 58.6 Å². The summed E-state index contributed by atoms with van der Waals surface area (Å²) in [7, 11) is 2.82. The van der Waals surface area contributed by atoms with Crippen molar-refractivity contribution >= 4 is 29.5 Å². The highest BCUT2D eigenvalue weighted by Crippen LogP contribution is 2.37. The Morgan fingerprint density at radius 1 is 1.15 bits per heavy atom. The highest BCUT2D eigenvalue weighted by atomic mass is 35.5. The van der Waals surface area contributed by atoms with Gasteiger partial charge >= 0.3 is 0 Å². The van der Waals surface area contributed by atoms with Crippen LogP contribution in [-0.4, -0.2) is 30.1 Å². The van der Waals surface area contributed by atoms with E-state index in [-0.39, 0.29) is 35.4 Å². The van der Waals surface area contributed by atoms with Crippen LogP contribution in [0.15, 0.2) is 41.8 Å². The van der Waals surface area contributed by atoms with Crippen LogP contribution >= 0.6 is 23.7 Å². The van der Waals surface area contributed by atoms with Crippen LogP contribution < -0.4 is 15.2 Å². The summed E-state index contributed by atoms with van der Waals surface area (Å²) >= 11 is 1.39. The molecular weight excluding hydrogens is 388 g/mol. The number of phenols is 1. The number of phenolic OH excluding ortho intramolecular Hbond substituents is 1. The van der Waals surface area contributed by atoms with Crippen molar-refractivity contribution in [2.24, 2.45) is 5.73 Å². The quantitative estimate of drug-likeness (QED) is 0.607. The summed E-state index contributed by atoms with van der Waals surface area (Å²) in [6.07, 6.45) is 0. The van der Waals surface area contributed by atoms with Crippen molar-refractivity contribution in [2.45, 2.75) is 6.54 Å². The van der Waals surface area contributed by atoms with Crippen molar-refractivity contribution in [3.8, 4) is 27.8 Å². The summed E-state index contributed by atoms with van der Waals surface area (Å²) in [5, 5.41) is 12.4. The molecular formula is C19H19ClN2O4S. The number of ketones is 1. The first-order valence-corrected chi connectivity index (χ1v) is 8.70. The van der Waals surface area contributed by atoms with Crippen molar-refractivity contribution in [1.29, 1.82) is 0 Å². The number of hydrogen-bond acceptors (Lipinski definition) is 7. The minimum atomic E-state index is -0.275. The molecule has 6 nitrogen and oxygen atoms in total. The van der Waals surface area contributed by atoms with Crippen molar-refractivity contribution in [2.75, 3.05) is 14.2 Å². The van der Waals surface area contributed by atoms with Crippen LogP contribution in [0, 0.1) is 0 Å². The van der Waals surface area contributed by atoms with E-state index in [1.54, 1.807) is 5.38 Å². The Labute approximate surface area is 167 Å². The lowest BCUT2D eigenvalue weighted by Gasteiger charge is -2.10. The number of nitrogens with two attached hydrogens (primary N) is 1. The van der Waals surface area contributed by atoms with Crippen molar-refractivity contribution in [3.63, 3.8) is 0 Å². The second-order valence-electron chi connectivity index (χ2n) is 5.50. The number of methoxy groups -OCH3 is 2. The average molecular weight is 407 g/mol. The fourth-order valence-corrected chi connectivity index (χ4v) is 3.27. The maximum absolute atomic E-state index is 12.8. The number of aromatic nitrogens is 1. The number of nitrogens with zero attached hydrogens (tertiary/aromatic N) is 1. The molecule has 3 rings (SSSR count). The molecule has 8 heteroatoms. The zero-order chi connectivity index (χ0) is 18.7. The molecule has 0 unspecified atom stereocenters. The number of carbonyl (C=O) groups is 1. The third-order valence-corrected chi connectivity index (χ3v) is 4.81. The maximum atomic E-state index is 12.8. The Morgan fingerprint density at radius 3 is 2.26 bits per heavy atom. The van der Waals surface area contributed by atoms with E-state index in [1.807, 2.05) is 24.3 Å². The average Bonchev–Trinajstić information content (AvgIpc) is 3.17. The molecule has 0 aliphatic heterocycles. The Morgan fingerprint density at radius 2 is 1.74 bits per heavy atom. The lowest BCUT2D eigenvalue weighted by atomic mass is 10.1. The molecule has 0 bridgehead atoms. The van der Waals surface area contributed by atoms with Gasteiger partial charge in [-0.1, -0.05) is 24.3 Å². The predicted molar refractivity (Wildman–Crippen MR) is 107 cm³/mol. The monoisotopic (exact) mass is 406 g/mol. The molecule has 0 radical (unpaired) electrons. The van der Waals surface area contributed by atoms with E-state index in [9.17, 15) is 9.90 Å². The molecule has 1 heterocycles. The van der Waals surface area contributed by atoms with Gasteiger partial charge in [0.05, 0.1) is 14.2 Å². The minimum Gasteiger partial charge on any atom is -0.502 e. The lowest BCUT2D eigenvalue weighted by Crippen LogP contribution is -2.03. The summed E-state index contributed by atoms with van der Waals surface area (Å²) in [5.74, 6) is -0.0887. The van der Waals surface area contributed by atoms with Gasteiger partial charge in [0, 0.05) is 23.1 Å². The Hall–Kier alpha value is -2.61. The first-order valence-electron chi connectivity index (χ1n) is 7.82. The van der Waals surface area contributed by atoms with Crippen LogP contribution in [0.5, 0.6) is 17.2 Å². The zero-order valence-electron chi connectivity index (χ0n) is 14.8. The van der Waals surface area contributed by atoms with Crippen LogP contribution in [0.3, 0.4) is 0 Å². The third kappa shape index (κ3) is 4.21. The van der Waals surface area contributed by atoms with E-state index in [4.69, 9.17) is 15.2 Å². The van der Waals surface area contributed by atoms with Gasteiger partial charge in [-0.15, -0.1) is 23.7 Å². The molecule has 0 aliphatic rings. The molecule has 0 fully saturated rings. The molecule has 27 heavy (non-hydrogen) atoms. The fraction of sp³-hybridized carbons (Fsp3) is 0.158. The van der Waals surface area contributed by atoms with E-state index < -0.39 is 0 Å². The van der Waals surface area contributed by atoms with Gasteiger partial charge in [0.2, 0.25) is 11.5 Å². The number of thiazole rings is 1. The smallest absolute Gasteiger partial charge is 0.212 e. The molecule has 0 amide bonds. The van der Waals surface area contributed by atoms with Gasteiger partial charge in [-0.05, 0) is 17.7 Å². The lowest BCUT2D eigenvalue weighted by molar-refractivity contribution is 0.103. The number of halogens is 1. The number of rotatable bonds is 6. The molecule has 142 valence electrons. The minimum absolute atomic E-state index is 0. The first-order chi connectivity index (χ1) is 12.6. The van der Waals surface area contributed by atoms with E-state index in [2.05, 4.69) is 4.98 Å². The second kappa shape index (κ2) is 8.85. The number of hydrogen-bond donors (Lipinski definition) is 2. The first kappa shape index (κ1) is 20.7. The van der Waals surface area contributed by atoms with Gasteiger partial charge < -0.3 is 20.3 Å². The van der Waals surface area contributed by atoms with Gasteiger partial charge in [0.25, 0.3) is 0 Å². The third-order valence-electron chi connectivity index (χ3n) is 3.92. The normalized spacial score (nSPS) is 10.2. The Balaban J connectivity index is 0.00000261. The summed E-state index contributed by atoms with van der Waals surface area (Å²) in [5.41, 5.74) is 8.21. The van der Waals surface area contributed by atoms with Gasteiger partial charge in [-0.2, -0.15) is 0 Å². The van der Waals surface area contributed by atoms with Crippen LogP contribution in [0.4, 0.5) is 0 Å². The van der Waals surface area contributed by atoms with Crippen LogP contribution in [0.25, 0.3) is 10.6 Å². The van der Waals surface area contributed by atoms with Crippen LogP contribution in [0.1, 0.15) is 21.6 Å². The SMILES string of the molecule is COc1cc(C(=O)c2csc(-c3ccc(CN)cc3)n2)cc(OC)c1O.Cl. The number of carbonyl (C=O) groups excluding carboxylic acids is 1. The summed E-state index contributed by atoms with van der Waals surface area (Å²) in [4.78, 5) is 17.2. The summed E-state index contributed by atoms with van der Waals surface area (Å²) in [6, 6.07) is 10.7. The molecule has 1 aromatic heterocycles. The zero-order valence-corrected chi connectivity index (χ0v) is 16.4. The Kier molecular flexibility index (Phi) is 6.79. The standard InChI is InChI=1S/C19H18N2O4S.ClH/c1-24-15-7-13(8-16(25-2)18(15)23)17(22)14-10-26-19(21-14)12-5-3-11(9-20)4-6-12;/h3-8,10,23H,9,20H2,1-2H3;1H. The number of benzene rings is 2. The maximum Gasteiger partial charge on any atom is 0.212 e. The molecule has 0 saturated carbocycles.